The molecule has 0 radical (unpaired) electrons. The highest BCUT2D eigenvalue weighted by atomic mass is 16.6. The number of ether oxygens (including phenoxy) is 3. The van der Waals surface area contributed by atoms with E-state index >= 15 is 0 Å². The van der Waals surface area contributed by atoms with Crippen molar-refractivity contribution in [1.82, 2.24) is 0 Å². The maximum Gasteiger partial charge on any atom is 0.331 e. The van der Waals surface area contributed by atoms with Crippen LogP contribution in [-0.4, -0.2) is 31.7 Å². The van der Waals surface area contributed by atoms with Gasteiger partial charge in [0.2, 0.25) is 0 Å². The van der Waals surface area contributed by atoms with E-state index in [9.17, 15) is 9.59 Å². The number of hydrogen-bond acceptors (Lipinski definition) is 5. The number of rotatable bonds is 5. The van der Waals surface area contributed by atoms with Crippen molar-refractivity contribution >= 4 is 34.4 Å². The molecule has 1 aliphatic rings. The first kappa shape index (κ1) is 18.6. The molecule has 6 heteroatoms. The smallest absolute Gasteiger partial charge is 0.331 e. The topological polar surface area (TPSA) is 73.9 Å². The lowest BCUT2D eigenvalue weighted by Gasteiger charge is -2.18. The van der Waals surface area contributed by atoms with E-state index in [2.05, 4.69) is 5.32 Å². The summed E-state index contributed by atoms with van der Waals surface area (Å²) in [4.78, 5) is 23.9. The minimum Gasteiger partial charge on any atom is -0.486 e. The Bertz CT molecular complexity index is 1090. The Morgan fingerprint density at radius 2 is 1.72 bits per heavy atom. The number of esters is 1. The Kier molecular flexibility index (Phi) is 5.42. The van der Waals surface area contributed by atoms with Gasteiger partial charge in [0.25, 0.3) is 5.91 Å². The highest BCUT2D eigenvalue weighted by Gasteiger charge is 2.11. The number of hydrogen-bond donors (Lipinski definition) is 1. The van der Waals surface area contributed by atoms with Gasteiger partial charge in [-0.3, -0.25) is 4.79 Å². The van der Waals surface area contributed by atoms with E-state index in [1.165, 1.54) is 6.08 Å². The Labute approximate surface area is 167 Å². The maximum atomic E-state index is 12.0. The lowest BCUT2D eigenvalue weighted by atomic mass is 10.1. The van der Waals surface area contributed by atoms with Gasteiger partial charge in [0.05, 0.1) is 0 Å². The molecule has 4 rings (SSSR count). The van der Waals surface area contributed by atoms with Crippen molar-refractivity contribution in [3.05, 3.63) is 72.3 Å². The first-order valence-electron chi connectivity index (χ1n) is 9.20. The quantitative estimate of drug-likeness (QED) is 0.531. The van der Waals surface area contributed by atoms with E-state index < -0.39 is 11.9 Å². The van der Waals surface area contributed by atoms with Crippen LogP contribution in [0.1, 0.15) is 5.56 Å². The maximum absolute atomic E-state index is 12.0. The molecule has 0 saturated heterocycles. The molecule has 1 aliphatic heterocycles. The normalized spacial score (nSPS) is 12.7. The van der Waals surface area contributed by atoms with Crippen LogP contribution in [0.5, 0.6) is 11.5 Å². The molecule has 0 aromatic heterocycles. The molecule has 29 heavy (non-hydrogen) atoms. The SMILES string of the molecule is O=C(COC(=O)/C=C/c1ccc2c(c1)OCCO2)Nc1ccc2ccccc2c1. The molecular weight excluding hydrogens is 370 g/mol. The number of nitrogens with one attached hydrogen (secondary N) is 1. The van der Waals surface area contributed by atoms with E-state index in [-0.39, 0.29) is 6.61 Å². The van der Waals surface area contributed by atoms with Crippen molar-refractivity contribution in [1.29, 1.82) is 0 Å². The van der Waals surface area contributed by atoms with Crippen LogP contribution in [0.25, 0.3) is 16.8 Å². The summed E-state index contributed by atoms with van der Waals surface area (Å²) in [7, 11) is 0. The lowest BCUT2D eigenvalue weighted by Crippen LogP contribution is -2.20. The highest BCUT2D eigenvalue weighted by Crippen LogP contribution is 2.31. The molecule has 0 atom stereocenters. The predicted molar refractivity (Wildman–Crippen MR) is 110 cm³/mol. The Balaban J connectivity index is 1.29. The van der Waals surface area contributed by atoms with Crippen LogP contribution in [0.2, 0.25) is 0 Å². The summed E-state index contributed by atoms with van der Waals surface area (Å²) in [5.41, 5.74) is 1.42. The summed E-state index contributed by atoms with van der Waals surface area (Å²) in [5, 5.41) is 4.83. The Morgan fingerprint density at radius 1 is 0.931 bits per heavy atom. The van der Waals surface area contributed by atoms with Crippen LogP contribution in [-0.2, 0) is 14.3 Å². The molecule has 1 N–H and O–H groups in total. The fraction of sp³-hybridized carbons (Fsp3) is 0.130. The third kappa shape index (κ3) is 4.73. The number of amides is 1. The fourth-order valence-corrected chi connectivity index (χ4v) is 2.98. The lowest BCUT2D eigenvalue weighted by molar-refractivity contribution is -0.142. The molecule has 0 bridgehead atoms. The van der Waals surface area contributed by atoms with Gasteiger partial charge < -0.3 is 19.5 Å². The second-order valence-electron chi connectivity index (χ2n) is 6.45. The van der Waals surface area contributed by atoms with Crippen molar-refractivity contribution in [2.24, 2.45) is 0 Å². The fourth-order valence-electron chi connectivity index (χ4n) is 2.98. The van der Waals surface area contributed by atoms with Gasteiger partial charge in [0.15, 0.2) is 18.1 Å². The summed E-state index contributed by atoms with van der Waals surface area (Å²) < 4.78 is 16.0. The number of anilines is 1. The minimum atomic E-state index is -0.603. The molecule has 3 aromatic rings. The van der Waals surface area contributed by atoms with E-state index in [0.717, 1.165) is 16.3 Å². The van der Waals surface area contributed by atoms with Crippen molar-refractivity contribution < 1.29 is 23.8 Å². The monoisotopic (exact) mass is 389 g/mol. The van der Waals surface area contributed by atoms with Gasteiger partial charge >= 0.3 is 5.97 Å². The van der Waals surface area contributed by atoms with Gasteiger partial charge in [0.1, 0.15) is 13.2 Å². The molecule has 0 fully saturated rings. The minimum absolute atomic E-state index is 0.364. The van der Waals surface area contributed by atoms with Gasteiger partial charge in [0, 0.05) is 11.8 Å². The third-order valence-electron chi connectivity index (χ3n) is 4.36. The molecule has 3 aromatic carbocycles. The molecular formula is C23H19NO5. The van der Waals surface area contributed by atoms with Crippen molar-refractivity contribution in [2.45, 2.75) is 0 Å². The van der Waals surface area contributed by atoms with E-state index in [4.69, 9.17) is 14.2 Å². The predicted octanol–water partition coefficient (Wildman–Crippen LogP) is 3.81. The zero-order chi connectivity index (χ0) is 20.1. The number of benzene rings is 3. The molecule has 0 spiro atoms. The summed E-state index contributed by atoms with van der Waals surface area (Å²) in [5.74, 6) is 0.317. The molecule has 0 saturated carbocycles. The number of fused-ring (bicyclic) bond motifs is 2. The molecule has 1 amide bonds. The number of carbonyl (C=O) groups is 2. The van der Waals surface area contributed by atoms with Gasteiger partial charge in [-0.25, -0.2) is 4.79 Å². The van der Waals surface area contributed by atoms with E-state index in [1.54, 1.807) is 18.2 Å². The zero-order valence-electron chi connectivity index (χ0n) is 15.6. The Morgan fingerprint density at radius 3 is 2.59 bits per heavy atom. The summed E-state index contributed by atoms with van der Waals surface area (Å²) in [6, 6.07) is 18.8. The first-order chi connectivity index (χ1) is 14.2. The van der Waals surface area contributed by atoms with Gasteiger partial charge in [-0.15, -0.1) is 0 Å². The Hall–Kier alpha value is -3.80. The van der Waals surface area contributed by atoms with Crippen LogP contribution in [0.15, 0.2) is 66.7 Å². The molecule has 0 unspecified atom stereocenters. The van der Waals surface area contributed by atoms with Crippen molar-refractivity contribution in [3.63, 3.8) is 0 Å². The third-order valence-corrected chi connectivity index (χ3v) is 4.36. The standard InChI is InChI=1S/C23H19NO5/c25-22(24-19-8-7-17-3-1-2-4-18(17)14-19)15-29-23(26)10-6-16-5-9-20-21(13-16)28-12-11-27-20/h1-10,13-14H,11-12,15H2,(H,24,25)/b10-6+. The van der Waals surface area contributed by atoms with Crippen LogP contribution in [0, 0.1) is 0 Å². The van der Waals surface area contributed by atoms with Crippen LogP contribution < -0.4 is 14.8 Å². The molecule has 6 nitrogen and oxygen atoms in total. The molecule has 1 heterocycles. The zero-order valence-corrected chi connectivity index (χ0v) is 15.6. The van der Waals surface area contributed by atoms with Gasteiger partial charge in [-0.2, -0.15) is 0 Å². The second kappa shape index (κ2) is 8.48. The molecule has 0 aliphatic carbocycles. The first-order valence-corrected chi connectivity index (χ1v) is 9.20. The van der Waals surface area contributed by atoms with Gasteiger partial charge in [-0.05, 0) is 46.7 Å². The number of carbonyl (C=O) groups excluding carboxylic acids is 2. The van der Waals surface area contributed by atoms with Crippen LogP contribution in [0.4, 0.5) is 5.69 Å². The van der Waals surface area contributed by atoms with E-state index in [1.807, 2.05) is 48.5 Å². The summed E-state index contributed by atoms with van der Waals surface area (Å²) >= 11 is 0. The summed E-state index contributed by atoms with van der Waals surface area (Å²) in [6.45, 7) is 0.654. The highest BCUT2D eigenvalue weighted by molar-refractivity contribution is 5.96. The van der Waals surface area contributed by atoms with Crippen molar-refractivity contribution in [2.75, 3.05) is 25.1 Å². The van der Waals surface area contributed by atoms with Crippen molar-refractivity contribution in [3.8, 4) is 11.5 Å². The largest absolute Gasteiger partial charge is 0.486 e. The second-order valence-corrected chi connectivity index (χ2v) is 6.45. The van der Waals surface area contributed by atoms with Gasteiger partial charge in [-0.1, -0.05) is 36.4 Å². The van der Waals surface area contributed by atoms with Crippen LogP contribution in [0.3, 0.4) is 0 Å². The molecule has 146 valence electrons. The summed E-state index contributed by atoms with van der Waals surface area (Å²) in [6.07, 6.45) is 2.87. The van der Waals surface area contributed by atoms with E-state index in [0.29, 0.717) is 30.4 Å². The average Bonchev–Trinajstić information content (AvgIpc) is 2.76. The average molecular weight is 389 g/mol. The van der Waals surface area contributed by atoms with Crippen LogP contribution >= 0.6 is 0 Å².